The lowest BCUT2D eigenvalue weighted by atomic mass is 10.2. The summed E-state index contributed by atoms with van der Waals surface area (Å²) in [6.07, 6.45) is 4.80. The van der Waals surface area contributed by atoms with E-state index in [1.165, 1.54) is 0 Å². The molecule has 0 aromatic rings. The average molecular weight is 312 g/mol. The number of carbonyl (C=O) groups excluding carboxylic acids is 2. The molecule has 0 radical (unpaired) electrons. The number of hydrogen-bond donors (Lipinski definition) is 0. The van der Waals surface area contributed by atoms with E-state index in [-0.39, 0.29) is 11.9 Å². The molecule has 0 unspecified atom stereocenters. The highest BCUT2D eigenvalue weighted by Crippen LogP contribution is 2.06. The van der Waals surface area contributed by atoms with E-state index >= 15 is 0 Å². The van der Waals surface area contributed by atoms with Gasteiger partial charge >= 0.3 is 11.9 Å². The lowest BCUT2D eigenvalue weighted by Crippen LogP contribution is -2.12. The Labute approximate surface area is 132 Å². The van der Waals surface area contributed by atoms with E-state index in [4.69, 9.17) is 9.47 Å². The van der Waals surface area contributed by atoms with Gasteiger partial charge in [0, 0.05) is 39.3 Å². The van der Waals surface area contributed by atoms with Crippen LogP contribution in [-0.4, -0.2) is 74.2 Å². The molecule has 126 valence electrons. The molecule has 2 aliphatic heterocycles. The zero-order valence-electron chi connectivity index (χ0n) is 13.4. The quantitative estimate of drug-likeness (QED) is 0.288. The second kappa shape index (κ2) is 9.79. The first-order chi connectivity index (χ1) is 10.7. The normalized spacial score (nSPS) is 17.3. The highest BCUT2D eigenvalue weighted by molar-refractivity contribution is 5.69. The molecule has 0 aromatic carbocycles. The first-order valence-corrected chi connectivity index (χ1v) is 8.50. The van der Waals surface area contributed by atoms with E-state index < -0.39 is 0 Å². The van der Waals surface area contributed by atoms with E-state index in [1.54, 1.807) is 0 Å². The second-order valence-electron chi connectivity index (χ2n) is 6.04. The molecule has 0 aliphatic carbocycles. The summed E-state index contributed by atoms with van der Waals surface area (Å²) in [5, 5.41) is 0. The molecule has 22 heavy (non-hydrogen) atoms. The molecule has 0 aromatic heterocycles. The number of rotatable bonds is 13. The Morgan fingerprint density at radius 1 is 0.682 bits per heavy atom. The summed E-state index contributed by atoms with van der Waals surface area (Å²) in [5.74, 6) is -0.181. The smallest absolute Gasteiger partial charge is 0.307 e. The summed E-state index contributed by atoms with van der Waals surface area (Å²) in [5.41, 5.74) is 0. The molecule has 0 bridgehead atoms. The maximum absolute atomic E-state index is 11.4. The Morgan fingerprint density at radius 2 is 1.09 bits per heavy atom. The average Bonchev–Trinajstić information content (AvgIpc) is 3.39. The molecular formula is C16H28N2O4. The van der Waals surface area contributed by atoms with Crippen molar-refractivity contribution in [2.45, 2.75) is 38.5 Å². The van der Waals surface area contributed by atoms with Gasteiger partial charge in [-0.25, -0.2) is 0 Å². The van der Waals surface area contributed by atoms with Crippen LogP contribution in [0.5, 0.6) is 0 Å². The molecule has 0 N–H and O–H groups in total. The lowest BCUT2D eigenvalue weighted by molar-refractivity contribution is -0.145. The van der Waals surface area contributed by atoms with E-state index in [9.17, 15) is 9.59 Å². The number of nitrogens with zero attached hydrogens (tertiary/aromatic N) is 2. The maximum Gasteiger partial charge on any atom is 0.307 e. The lowest BCUT2D eigenvalue weighted by Gasteiger charge is -2.06. The third kappa shape index (κ3) is 9.00. The first kappa shape index (κ1) is 17.2. The molecule has 2 saturated heterocycles. The summed E-state index contributed by atoms with van der Waals surface area (Å²) in [4.78, 5) is 27.2. The molecule has 0 spiro atoms. The molecule has 0 amide bonds. The van der Waals surface area contributed by atoms with Crippen molar-refractivity contribution >= 4 is 11.9 Å². The van der Waals surface area contributed by atoms with Crippen molar-refractivity contribution in [1.82, 2.24) is 9.80 Å². The molecule has 2 heterocycles. The molecule has 2 rings (SSSR count). The summed E-state index contributed by atoms with van der Waals surface area (Å²) >= 11 is 0. The van der Waals surface area contributed by atoms with E-state index in [2.05, 4.69) is 9.80 Å². The standard InChI is InChI=1S/C16H28N2O4/c19-15(5-7-17-9-10-17)21-13-3-1-2-4-14-22-16(20)6-8-18-11-12-18/h1-14H2. The fourth-order valence-electron chi connectivity index (χ4n) is 2.16. The third-order valence-corrected chi connectivity index (χ3v) is 3.91. The van der Waals surface area contributed by atoms with Gasteiger partial charge in [0.15, 0.2) is 0 Å². The predicted molar refractivity (Wildman–Crippen MR) is 82.5 cm³/mol. The van der Waals surface area contributed by atoms with E-state index in [1.807, 2.05) is 0 Å². The van der Waals surface area contributed by atoms with Crippen molar-refractivity contribution in [1.29, 1.82) is 0 Å². The van der Waals surface area contributed by atoms with Crippen molar-refractivity contribution in [3.63, 3.8) is 0 Å². The first-order valence-electron chi connectivity index (χ1n) is 8.50. The maximum atomic E-state index is 11.4. The van der Waals surface area contributed by atoms with Gasteiger partial charge in [-0.15, -0.1) is 0 Å². The Hall–Kier alpha value is -1.14. The van der Waals surface area contributed by atoms with Crippen LogP contribution in [0.25, 0.3) is 0 Å². The van der Waals surface area contributed by atoms with Crippen LogP contribution < -0.4 is 0 Å². The summed E-state index contributed by atoms with van der Waals surface area (Å²) < 4.78 is 10.3. The number of ether oxygens (including phenoxy) is 2. The Morgan fingerprint density at radius 3 is 1.45 bits per heavy atom. The fraction of sp³-hybridized carbons (Fsp3) is 0.875. The van der Waals surface area contributed by atoms with Crippen LogP contribution in [0.3, 0.4) is 0 Å². The summed E-state index contributed by atoms with van der Waals surface area (Å²) in [7, 11) is 0. The summed E-state index contributed by atoms with van der Waals surface area (Å²) in [6, 6.07) is 0. The highest BCUT2D eigenvalue weighted by Gasteiger charge is 2.18. The van der Waals surface area contributed by atoms with Crippen molar-refractivity contribution in [2.75, 3.05) is 52.5 Å². The largest absolute Gasteiger partial charge is 0.466 e. The molecule has 2 fully saturated rings. The van der Waals surface area contributed by atoms with Gasteiger partial charge in [-0.2, -0.15) is 0 Å². The van der Waals surface area contributed by atoms with Crippen LogP contribution in [0.1, 0.15) is 38.5 Å². The van der Waals surface area contributed by atoms with Gasteiger partial charge in [0.1, 0.15) is 0 Å². The molecule has 6 nitrogen and oxygen atoms in total. The van der Waals surface area contributed by atoms with Crippen molar-refractivity contribution < 1.29 is 19.1 Å². The minimum absolute atomic E-state index is 0.0905. The Balaban J connectivity index is 1.28. The van der Waals surface area contributed by atoms with E-state index in [0.717, 1.165) is 65.0 Å². The highest BCUT2D eigenvalue weighted by atomic mass is 16.5. The zero-order chi connectivity index (χ0) is 15.6. The molecule has 2 aliphatic rings. The van der Waals surface area contributed by atoms with Crippen LogP contribution in [0.2, 0.25) is 0 Å². The third-order valence-electron chi connectivity index (χ3n) is 3.91. The van der Waals surface area contributed by atoms with Gasteiger partial charge in [-0.05, 0) is 25.7 Å². The number of hydrogen-bond acceptors (Lipinski definition) is 6. The molecule has 0 saturated carbocycles. The number of unbranched alkanes of at least 4 members (excludes halogenated alkanes) is 3. The summed E-state index contributed by atoms with van der Waals surface area (Å²) in [6.45, 7) is 7.17. The van der Waals surface area contributed by atoms with Crippen molar-refractivity contribution in [2.24, 2.45) is 0 Å². The van der Waals surface area contributed by atoms with Crippen LogP contribution in [-0.2, 0) is 19.1 Å². The minimum atomic E-state index is -0.0905. The van der Waals surface area contributed by atoms with Crippen LogP contribution >= 0.6 is 0 Å². The van der Waals surface area contributed by atoms with E-state index in [0.29, 0.717) is 26.1 Å². The Bertz CT molecular complexity index is 320. The molecule has 0 atom stereocenters. The number of carbonyl (C=O) groups is 2. The van der Waals surface area contributed by atoms with Crippen molar-refractivity contribution in [3.8, 4) is 0 Å². The number of esters is 2. The predicted octanol–water partition coefficient (Wildman–Crippen LogP) is 1.04. The second-order valence-corrected chi connectivity index (χ2v) is 6.04. The van der Waals surface area contributed by atoms with Gasteiger partial charge in [0.25, 0.3) is 0 Å². The zero-order valence-corrected chi connectivity index (χ0v) is 13.4. The van der Waals surface area contributed by atoms with Crippen LogP contribution in [0.4, 0.5) is 0 Å². The van der Waals surface area contributed by atoms with Gasteiger partial charge in [0.05, 0.1) is 26.1 Å². The minimum Gasteiger partial charge on any atom is -0.466 e. The fourth-order valence-corrected chi connectivity index (χ4v) is 2.16. The van der Waals surface area contributed by atoms with Crippen molar-refractivity contribution in [3.05, 3.63) is 0 Å². The van der Waals surface area contributed by atoms with Crippen LogP contribution in [0.15, 0.2) is 0 Å². The van der Waals surface area contributed by atoms with Gasteiger partial charge in [-0.1, -0.05) is 0 Å². The van der Waals surface area contributed by atoms with Gasteiger partial charge in [0.2, 0.25) is 0 Å². The van der Waals surface area contributed by atoms with Gasteiger partial charge < -0.3 is 19.3 Å². The molecular weight excluding hydrogens is 284 g/mol. The monoisotopic (exact) mass is 312 g/mol. The van der Waals surface area contributed by atoms with Gasteiger partial charge in [-0.3, -0.25) is 9.59 Å². The van der Waals surface area contributed by atoms with Crippen LogP contribution in [0, 0.1) is 0 Å². The SMILES string of the molecule is O=C(CCN1CC1)OCCCCCCOC(=O)CCN1CC1. The Kier molecular flexibility index (Phi) is 7.66. The molecule has 6 heteroatoms. The topological polar surface area (TPSA) is 58.6 Å².